The number of carbonyl (C=O) groups is 2. The first-order valence-electron chi connectivity index (χ1n) is 7.93. The molecule has 1 aliphatic rings. The molecule has 124 valence electrons. The van der Waals surface area contributed by atoms with Crippen LogP contribution in [0.1, 0.15) is 24.1 Å². The normalized spacial score (nSPS) is 14.6. The summed E-state index contributed by atoms with van der Waals surface area (Å²) in [4.78, 5) is 26.0. The molecule has 0 unspecified atom stereocenters. The SMILES string of the molecule is Cc1ccc2c(c1)OCC(=O)N2CC(=O)N[C@@H](C)c1ccccc1. The van der Waals surface area contributed by atoms with Gasteiger partial charge in [-0.3, -0.25) is 14.5 Å². The van der Waals surface area contributed by atoms with Gasteiger partial charge in [-0.25, -0.2) is 0 Å². The Bertz CT molecular complexity index is 758. The molecule has 2 aromatic carbocycles. The number of nitrogens with zero attached hydrogens (tertiary/aromatic N) is 1. The van der Waals surface area contributed by atoms with E-state index in [1.54, 1.807) is 0 Å². The van der Waals surface area contributed by atoms with Crippen molar-refractivity contribution in [2.75, 3.05) is 18.1 Å². The van der Waals surface area contributed by atoms with Crippen LogP contribution >= 0.6 is 0 Å². The van der Waals surface area contributed by atoms with Gasteiger partial charge in [0.15, 0.2) is 6.61 Å². The lowest BCUT2D eigenvalue weighted by molar-refractivity contribution is -0.125. The van der Waals surface area contributed by atoms with Crippen LogP contribution in [0, 0.1) is 6.92 Å². The maximum absolute atomic E-state index is 12.4. The summed E-state index contributed by atoms with van der Waals surface area (Å²) in [6, 6.07) is 15.2. The summed E-state index contributed by atoms with van der Waals surface area (Å²) in [6.07, 6.45) is 0. The van der Waals surface area contributed by atoms with Crippen LogP contribution < -0.4 is 15.0 Å². The van der Waals surface area contributed by atoms with E-state index in [1.165, 1.54) is 4.90 Å². The van der Waals surface area contributed by atoms with Crippen LogP contribution in [0.25, 0.3) is 0 Å². The zero-order valence-electron chi connectivity index (χ0n) is 13.8. The van der Waals surface area contributed by atoms with Crippen LogP contribution in [0.3, 0.4) is 0 Å². The van der Waals surface area contributed by atoms with Gasteiger partial charge >= 0.3 is 0 Å². The van der Waals surface area contributed by atoms with Crippen molar-refractivity contribution in [2.45, 2.75) is 19.9 Å². The third-order valence-electron chi connectivity index (χ3n) is 4.04. The number of hydrogen-bond donors (Lipinski definition) is 1. The second-order valence-corrected chi connectivity index (χ2v) is 5.94. The zero-order chi connectivity index (χ0) is 17.1. The average molecular weight is 324 g/mol. The van der Waals surface area contributed by atoms with Gasteiger partial charge in [0.1, 0.15) is 12.3 Å². The molecule has 2 amide bonds. The van der Waals surface area contributed by atoms with Crippen molar-refractivity contribution in [3.8, 4) is 5.75 Å². The second-order valence-electron chi connectivity index (χ2n) is 5.94. The smallest absolute Gasteiger partial charge is 0.265 e. The van der Waals surface area contributed by atoms with Crippen molar-refractivity contribution in [1.29, 1.82) is 0 Å². The number of hydrogen-bond acceptors (Lipinski definition) is 3. The Morgan fingerprint density at radius 3 is 2.75 bits per heavy atom. The van der Waals surface area contributed by atoms with Crippen molar-refractivity contribution in [3.63, 3.8) is 0 Å². The Hall–Kier alpha value is -2.82. The van der Waals surface area contributed by atoms with Gasteiger partial charge in [0.05, 0.1) is 11.7 Å². The Morgan fingerprint density at radius 1 is 1.25 bits per heavy atom. The van der Waals surface area contributed by atoms with Gasteiger partial charge in [-0.1, -0.05) is 36.4 Å². The van der Waals surface area contributed by atoms with Gasteiger partial charge in [-0.15, -0.1) is 0 Å². The molecule has 2 aromatic rings. The van der Waals surface area contributed by atoms with Gasteiger partial charge in [-0.05, 0) is 37.1 Å². The molecule has 0 aromatic heterocycles. The lowest BCUT2D eigenvalue weighted by Crippen LogP contribution is -2.45. The number of carbonyl (C=O) groups excluding carboxylic acids is 2. The van der Waals surface area contributed by atoms with E-state index in [-0.39, 0.29) is 31.0 Å². The number of aryl methyl sites for hydroxylation is 1. The summed E-state index contributed by atoms with van der Waals surface area (Å²) < 4.78 is 5.46. The first-order chi connectivity index (χ1) is 11.5. The largest absolute Gasteiger partial charge is 0.482 e. The lowest BCUT2D eigenvalue weighted by Gasteiger charge is -2.29. The van der Waals surface area contributed by atoms with Crippen LogP contribution in [0.2, 0.25) is 0 Å². The molecule has 1 atom stereocenters. The Labute approximate surface area is 141 Å². The summed E-state index contributed by atoms with van der Waals surface area (Å²) in [5.41, 5.74) is 2.71. The first kappa shape index (κ1) is 16.1. The summed E-state index contributed by atoms with van der Waals surface area (Å²) in [7, 11) is 0. The lowest BCUT2D eigenvalue weighted by atomic mass is 10.1. The van der Waals surface area contributed by atoms with E-state index in [0.717, 1.165) is 11.1 Å². The summed E-state index contributed by atoms with van der Waals surface area (Å²) >= 11 is 0. The molecule has 5 nitrogen and oxygen atoms in total. The molecule has 5 heteroatoms. The van der Waals surface area contributed by atoms with E-state index in [9.17, 15) is 9.59 Å². The summed E-state index contributed by atoms with van der Waals surface area (Å²) in [5, 5.41) is 2.93. The maximum atomic E-state index is 12.4. The molecule has 0 bridgehead atoms. The minimum Gasteiger partial charge on any atom is -0.482 e. The molecule has 3 rings (SSSR count). The zero-order valence-corrected chi connectivity index (χ0v) is 13.8. The number of anilines is 1. The predicted octanol–water partition coefficient (Wildman–Crippen LogP) is 2.60. The topological polar surface area (TPSA) is 58.6 Å². The molecule has 24 heavy (non-hydrogen) atoms. The molecule has 0 saturated carbocycles. The fourth-order valence-corrected chi connectivity index (χ4v) is 2.74. The molecule has 1 N–H and O–H groups in total. The van der Waals surface area contributed by atoms with E-state index in [1.807, 2.05) is 62.4 Å². The average Bonchev–Trinajstić information content (AvgIpc) is 2.58. The number of amides is 2. The second kappa shape index (κ2) is 6.74. The summed E-state index contributed by atoms with van der Waals surface area (Å²) in [5.74, 6) is 0.223. The van der Waals surface area contributed by atoms with Crippen molar-refractivity contribution >= 4 is 17.5 Å². The molecule has 1 aliphatic heterocycles. The molecule has 0 fully saturated rings. The maximum Gasteiger partial charge on any atom is 0.265 e. The molecule has 0 aliphatic carbocycles. The predicted molar refractivity (Wildman–Crippen MR) is 92.0 cm³/mol. The third-order valence-corrected chi connectivity index (χ3v) is 4.04. The van der Waals surface area contributed by atoms with Crippen LogP contribution in [0.15, 0.2) is 48.5 Å². The highest BCUT2D eigenvalue weighted by molar-refractivity contribution is 6.02. The monoisotopic (exact) mass is 324 g/mol. The third kappa shape index (κ3) is 3.40. The fourth-order valence-electron chi connectivity index (χ4n) is 2.74. The van der Waals surface area contributed by atoms with Crippen LogP contribution in [0.5, 0.6) is 5.75 Å². The van der Waals surface area contributed by atoms with E-state index in [4.69, 9.17) is 4.74 Å². The van der Waals surface area contributed by atoms with Crippen LogP contribution in [-0.4, -0.2) is 25.0 Å². The quantitative estimate of drug-likeness (QED) is 0.940. The molecular weight excluding hydrogens is 304 g/mol. The van der Waals surface area contributed by atoms with Crippen molar-refractivity contribution in [1.82, 2.24) is 5.32 Å². The number of fused-ring (bicyclic) bond motifs is 1. The highest BCUT2D eigenvalue weighted by Crippen LogP contribution is 2.32. The standard InChI is InChI=1S/C19H20N2O3/c1-13-8-9-16-17(10-13)24-12-19(23)21(16)11-18(22)20-14(2)15-6-4-3-5-7-15/h3-10,14H,11-12H2,1-2H3,(H,20,22)/t14-/m0/s1. The van der Waals surface area contributed by atoms with Crippen LogP contribution in [0.4, 0.5) is 5.69 Å². The van der Waals surface area contributed by atoms with E-state index in [2.05, 4.69) is 5.32 Å². The highest BCUT2D eigenvalue weighted by atomic mass is 16.5. The Morgan fingerprint density at radius 2 is 2.00 bits per heavy atom. The molecule has 0 saturated heterocycles. The van der Waals surface area contributed by atoms with Gasteiger partial charge in [0, 0.05) is 0 Å². The minimum atomic E-state index is -0.214. The number of rotatable bonds is 4. The van der Waals surface area contributed by atoms with E-state index in [0.29, 0.717) is 11.4 Å². The molecule has 0 spiro atoms. The van der Waals surface area contributed by atoms with Crippen molar-refractivity contribution < 1.29 is 14.3 Å². The Kier molecular flexibility index (Phi) is 4.51. The number of nitrogens with one attached hydrogen (secondary N) is 1. The highest BCUT2D eigenvalue weighted by Gasteiger charge is 2.27. The van der Waals surface area contributed by atoms with Gasteiger partial charge in [0.2, 0.25) is 5.91 Å². The number of benzene rings is 2. The molecule has 1 heterocycles. The van der Waals surface area contributed by atoms with Gasteiger partial charge in [-0.2, -0.15) is 0 Å². The first-order valence-corrected chi connectivity index (χ1v) is 7.93. The number of ether oxygens (including phenoxy) is 1. The molecule has 0 radical (unpaired) electrons. The van der Waals surface area contributed by atoms with Crippen LogP contribution in [-0.2, 0) is 9.59 Å². The van der Waals surface area contributed by atoms with Crippen molar-refractivity contribution in [3.05, 3.63) is 59.7 Å². The molecular formula is C19H20N2O3. The van der Waals surface area contributed by atoms with Gasteiger partial charge in [0.25, 0.3) is 5.91 Å². The van der Waals surface area contributed by atoms with Gasteiger partial charge < -0.3 is 10.1 Å². The van der Waals surface area contributed by atoms with E-state index < -0.39 is 0 Å². The minimum absolute atomic E-state index is 0.0184. The van der Waals surface area contributed by atoms with Crippen molar-refractivity contribution in [2.24, 2.45) is 0 Å². The van der Waals surface area contributed by atoms with E-state index >= 15 is 0 Å². The fraction of sp³-hybridized carbons (Fsp3) is 0.263. The summed E-state index contributed by atoms with van der Waals surface area (Å²) in [6.45, 7) is 3.82. The Balaban J connectivity index is 1.71.